The molecule has 25 heavy (non-hydrogen) atoms. The van der Waals surface area contributed by atoms with Crippen molar-refractivity contribution < 1.29 is 14.4 Å². The minimum Gasteiger partial charge on any atom is -0.364 e. The van der Waals surface area contributed by atoms with Crippen LogP contribution in [0.25, 0.3) is 5.69 Å². The lowest BCUT2D eigenvalue weighted by Gasteiger charge is -2.31. The molecule has 1 aliphatic rings. The highest BCUT2D eigenvalue weighted by atomic mass is 16.5. The number of hydrogen-bond acceptors (Lipinski definition) is 3. The van der Waals surface area contributed by atoms with Gasteiger partial charge in [-0.15, -0.1) is 0 Å². The van der Waals surface area contributed by atoms with Gasteiger partial charge in [0.15, 0.2) is 6.54 Å². The molecule has 0 saturated carbocycles. The Balaban J connectivity index is 1.70. The van der Waals surface area contributed by atoms with Crippen molar-refractivity contribution in [3.8, 4) is 5.69 Å². The van der Waals surface area contributed by atoms with Crippen molar-refractivity contribution in [2.75, 3.05) is 25.0 Å². The number of para-hydroxylation sites is 1. The molecule has 1 aromatic carbocycles. The van der Waals surface area contributed by atoms with Crippen LogP contribution in [0.4, 0.5) is 5.69 Å². The molecule has 0 aliphatic carbocycles. The molecule has 0 radical (unpaired) electrons. The number of nitrogens with one attached hydrogen (secondary N) is 2. The van der Waals surface area contributed by atoms with E-state index < -0.39 is 0 Å². The maximum absolute atomic E-state index is 12.5. The van der Waals surface area contributed by atoms with E-state index in [1.165, 1.54) is 4.90 Å². The SMILES string of the molecule is Cc1nn(-c2ccccc2)c(C)c1NC(=O)C[NH+]1C[C@H](C)O[C@@H](C)C1. The number of amides is 1. The summed E-state index contributed by atoms with van der Waals surface area (Å²) >= 11 is 0. The number of carbonyl (C=O) groups is 1. The fraction of sp³-hybridized carbons (Fsp3) is 0.474. The molecule has 3 rings (SSSR count). The van der Waals surface area contributed by atoms with Crippen molar-refractivity contribution in [2.45, 2.75) is 39.9 Å². The fourth-order valence-electron chi connectivity index (χ4n) is 3.59. The number of aromatic nitrogens is 2. The summed E-state index contributed by atoms with van der Waals surface area (Å²) in [5.41, 5.74) is 3.57. The first-order valence-electron chi connectivity index (χ1n) is 8.84. The first kappa shape index (κ1) is 17.6. The Labute approximate surface area is 148 Å². The molecule has 6 nitrogen and oxygen atoms in total. The quantitative estimate of drug-likeness (QED) is 0.875. The van der Waals surface area contributed by atoms with Gasteiger partial charge >= 0.3 is 0 Å². The van der Waals surface area contributed by atoms with Gasteiger partial charge in [-0.1, -0.05) is 18.2 Å². The first-order valence-corrected chi connectivity index (χ1v) is 8.84. The van der Waals surface area contributed by atoms with Gasteiger partial charge in [0.1, 0.15) is 25.3 Å². The second-order valence-electron chi connectivity index (χ2n) is 6.93. The summed E-state index contributed by atoms with van der Waals surface area (Å²) in [6.07, 6.45) is 0.381. The predicted octanol–water partition coefficient (Wildman–Crippen LogP) is 1.12. The fourth-order valence-corrected chi connectivity index (χ4v) is 3.59. The molecule has 1 saturated heterocycles. The number of ether oxygens (including phenoxy) is 1. The number of morpholine rings is 1. The lowest BCUT2D eigenvalue weighted by molar-refractivity contribution is -0.907. The smallest absolute Gasteiger partial charge is 0.279 e. The van der Waals surface area contributed by atoms with E-state index in [0.717, 1.165) is 35.9 Å². The predicted molar refractivity (Wildman–Crippen MR) is 97.2 cm³/mol. The number of rotatable bonds is 4. The summed E-state index contributed by atoms with van der Waals surface area (Å²) in [4.78, 5) is 13.8. The third kappa shape index (κ3) is 4.08. The maximum atomic E-state index is 12.5. The first-order chi connectivity index (χ1) is 11.9. The Morgan fingerprint density at radius 2 is 1.88 bits per heavy atom. The Morgan fingerprint density at radius 1 is 1.24 bits per heavy atom. The highest BCUT2D eigenvalue weighted by Gasteiger charge is 2.27. The second kappa shape index (κ2) is 7.37. The second-order valence-corrected chi connectivity index (χ2v) is 6.93. The molecule has 2 heterocycles. The lowest BCUT2D eigenvalue weighted by atomic mass is 10.2. The Kier molecular flexibility index (Phi) is 5.20. The van der Waals surface area contributed by atoms with E-state index in [2.05, 4.69) is 24.3 Å². The molecule has 0 bridgehead atoms. The van der Waals surface area contributed by atoms with Crippen molar-refractivity contribution in [1.29, 1.82) is 0 Å². The highest BCUT2D eigenvalue weighted by molar-refractivity contribution is 5.92. The van der Waals surface area contributed by atoms with E-state index in [-0.39, 0.29) is 18.1 Å². The molecule has 2 atom stereocenters. The van der Waals surface area contributed by atoms with Crippen LogP contribution in [0.15, 0.2) is 30.3 Å². The summed E-state index contributed by atoms with van der Waals surface area (Å²) in [6, 6.07) is 9.95. The van der Waals surface area contributed by atoms with E-state index in [1.54, 1.807) is 0 Å². The van der Waals surface area contributed by atoms with Crippen LogP contribution in [0, 0.1) is 13.8 Å². The average molecular weight is 343 g/mol. The molecule has 1 aliphatic heterocycles. The van der Waals surface area contributed by atoms with Gasteiger partial charge in [-0.05, 0) is 39.8 Å². The molecule has 1 fully saturated rings. The molecular formula is C19H27N4O2+. The number of aryl methyl sites for hydroxylation is 1. The van der Waals surface area contributed by atoms with Crippen LogP contribution in [-0.2, 0) is 9.53 Å². The normalized spacial score (nSPS) is 23.4. The van der Waals surface area contributed by atoms with Crippen LogP contribution in [0.3, 0.4) is 0 Å². The van der Waals surface area contributed by atoms with Gasteiger partial charge in [-0.3, -0.25) is 4.79 Å². The Hall–Kier alpha value is -2.18. The number of anilines is 1. The van der Waals surface area contributed by atoms with Crippen LogP contribution in [0.1, 0.15) is 25.2 Å². The Morgan fingerprint density at radius 3 is 2.52 bits per heavy atom. The van der Waals surface area contributed by atoms with E-state index in [9.17, 15) is 4.79 Å². The zero-order valence-corrected chi connectivity index (χ0v) is 15.4. The van der Waals surface area contributed by atoms with Gasteiger partial charge in [0.05, 0.1) is 22.8 Å². The molecule has 2 aromatic rings. The van der Waals surface area contributed by atoms with E-state index in [0.29, 0.717) is 6.54 Å². The molecule has 2 N–H and O–H groups in total. The molecule has 1 aromatic heterocycles. The molecule has 1 amide bonds. The summed E-state index contributed by atoms with van der Waals surface area (Å²) < 4.78 is 7.61. The van der Waals surface area contributed by atoms with Crippen LogP contribution in [0.5, 0.6) is 0 Å². The Bertz CT molecular complexity index is 731. The highest BCUT2D eigenvalue weighted by Crippen LogP contribution is 2.22. The van der Waals surface area contributed by atoms with E-state index in [4.69, 9.17) is 4.74 Å². The number of carbonyl (C=O) groups excluding carboxylic acids is 1. The minimum absolute atomic E-state index is 0.0233. The summed E-state index contributed by atoms with van der Waals surface area (Å²) in [5.74, 6) is 0.0233. The van der Waals surface area contributed by atoms with Crippen LogP contribution >= 0.6 is 0 Å². The summed E-state index contributed by atoms with van der Waals surface area (Å²) in [5, 5.41) is 7.64. The number of quaternary nitrogens is 1. The van der Waals surface area contributed by atoms with Crippen LogP contribution in [0.2, 0.25) is 0 Å². The van der Waals surface area contributed by atoms with E-state index in [1.807, 2.05) is 48.9 Å². The van der Waals surface area contributed by atoms with Crippen molar-refractivity contribution in [3.63, 3.8) is 0 Å². The van der Waals surface area contributed by atoms with E-state index >= 15 is 0 Å². The van der Waals surface area contributed by atoms with Crippen molar-refractivity contribution in [2.24, 2.45) is 0 Å². The van der Waals surface area contributed by atoms with Gasteiger partial charge in [0.2, 0.25) is 0 Å². The van der Waals surface area contributed by atoms with Gasteiger partial charge in [-0.2, -0.15) is 5.10 Å². The van der Waals surface area contributed by atoms with Gasteiger partial charge in [0.25, 0.3) is 5.91 Å². The largest absolute Gasteiger partial charge is 0.364 e. The van der Waals surface area contributed by atoms with Crippen molar-refractivity contribution >= 4 is 11.6 Å². The number of benzene rings is 1. The van der Waals surface area contributed by atoms with Crippen LogP contribution < -0.4 is 10.2 Å². The molecule has 6 heteroatoms. The van der Waals surface area contributed by atoms with Crippen molar-refractivity contribution in [3.05, 3.63) is 41.7 Å². The van der Waals surface area contributed by atoms with Crippen molar-refractivity contribution in [1.82, 2.24) is 9.78 Å². The molecule has 0 spiro atoms. The lowest BCUT2D eigenvalue weighted by Crippen LogP contribution is -3.16. The zero-order chi connectivity index (χ0) is 18.0. The van der Waals surface area contributed by atoms with Gasteiger partial charge in [-0.25, -0.2) is 4.68 Å². The average Bonchev–Trinajstić information content (AvgIpc) is 2.83. The number of nitrogens with zero attached hydrogens (tertiary/aromatic N) is 2. The standard InChI is InChI=1S/C19H26N4O2/c1-13-10-22(11-14(2)25-13)12-18(24)20-19-15(3)21-23(16(19)4)17-8-6-5-7-9-17/h5-9,13-14H,10-12H2,1-4H3,(H,20,24)/p+1/t13-,14-/m0/s1. The third-order valence-corrected chi connectivity index (χ3v) is 4.58. The third-order valence-electron chi connectivity index (χ3n) is 4.58. The molecule has 0 unspecified atom stereocenters. The molecule has 134 valence electrons. The molecular weight excluding hydrogens is 316 g/mol. The summed E-state index contributed by atoms with van der Waals surface area (Å²) in [6.45, 7) is 10.2. The summed E-state index contributed by atoms with van der Waals surface area (Å²) in [7, 11) is 0. The van der Waals surface area contributed by atoms with Gasteiger partial charge < -0.3 is 15.0 Å². The minimum atomic E-state index is 0.0233. The topological polar surface area (TPSA) is 60.6 Å². The monoisotopic (exact) mass is 343 g/mol. The van der Waals surface area contributed by atoms with Crippen LogP contribution in [-0.4, -0.2) is 47.5 Å². The van der Waals surface area contributed by atoms with Gasteiger partial charge in [0, 0.05) is 0 Å². The zero-order valence-electron chi connectivity index (χ0n) is 15.4. The maximum Gasteiger partial charge on any atom is 0.279 e. The number of hydrogen-bond donors (Lipinski definition) is 2.